The van der Waals surface area contributed by atoms with Gasteiger partial charge in [-0.05, 0) is 83.5 Å². The van der Waals surface area contributed by atoms with Crippen LogP contribution in [0.3, 0.4) is 0 Å². The summed E-state index contributed by atoms with van der Waals surface area (Å²) in [6.45, 7) is 4.92. The van der Waals surface area contributed by atoms with E-state index in [-0.39, 0.29) is 18.5 Å². The molecule has 3 N–H and O–H groups in total. The SMILES string of the molecule is CCCCCC/C=C\C/C=C\CCCCCCCC(=O)OCCCCCCCCCCC/C=C\CCCCCCCCCC(=O)NC(CO)C(O)CCCCCCCCCCCCCCC. The van der Waals surface area contributed by atoms with Crippen LogP contribution in [0.4, 0.5) is 0 Å². The van der Waals surface area contributed by atoms with Crippen molar-refractivity contribution < 1.29 is 24.5 Å². The van der Waals surface area contributed by atoms with Gasteiger partial charge in [0.2, 0.25) is 5.91 Å². The van der Waals surface area contributed by atoms with Gasteiger partial charge in [-0.25, -0.2) is 0 Å². The first-order chi connectivity index (χ1) is 32.5. The molecule has 0 heterocycles. The Kier molecular flexibility index (Phi) is 54.1. The molecule has 0 spiro atoms. The number of carbonyl (C=O) groups excluding carboxylic acids is 2. The molecule has 0 rings (SSSR count). The fraction of sp³-hybridized carbons (Fsp3) is 0.867. The second-order valence-electron chi connectivity index (χ2n) is 20.0. The lowest BCUT2D eigenvalue weighted by atomic mass is 10.0. The quantitative estimate of drug-likeness (QED) is 0.0321. The van der Waals surface area contributed by atoms with Gasteiger partial charge < -0.3 is 20.3 Å². The summed E-state index contributed by atoms with van der Waals surface area (Å²) < 4.78 is 5.47. The molecular formula is C60H113NO5. The summed E-state index contributed by atoms with van der Waals surface area (Å²) in [6, 6.07) is -0.548. The fourth-order valence-corrected chi connectivity index (χ4v) is 8.90. The van der Waals surface area contributed by atoms with Crippen LogP contribution < -0.4 is 5.32 Å². The molecule has 0 saturated heterocycles. The van der Waals surface area contributed by atoms with Crippen LogP contribution in [0.25, 0.3) is 0 Å². The molecule has 66 heavy (non-hydrogen) atoms. The van der Waals surface area contributed by atoms with E-state index in [1.54, 1.807) is 0 Å². The highest BCUT2D eigenvalue weighted by Crippen LogP contribution is 2.16. The molecule has 2 atom stereocenters. The summed E-state index contributed by atoms with van der Waals surface area (Å²) in [5.41, 5.74) is 0. The monoisotopic (exact) mass is 928 g/mol. The van der Waals surface area contributed by atoms with Gasteiger partial charge in [-0.3, -0.25) is 9.59 Å². The Morgan fingerprint density at radius 1 is 0.424 bits per heavy atom. The average molecular weight is 929 g/mol. The maximum Gasteiger partial charge on any atom is 0.305 e. The van der Waals surface area contributed by atoms with Gasteiger partial charge in [0.1, 0.15) is 0 Å². The normalized spacial score (nSPS) is 12.8. The topological polar surface area (TPSA) is 95.9 Å². The molecule has 0 fully saturated rings. The van der Waals surface area contributed by atoms with Gasteiger partial charge in [0.25, 0.3) is 0 Å². The Morgan fingerprint density at radius 2 is 0.758 bits per heavy atom. The third-order valence-corrected chi connectivity index (χ3v) is 13.4. The minimum Gasteiger partial charge on any atom is -0.466 e. The number of hydrogen-bond acceptors (Lipinski definition) is 5. The van der Waals surface area contributed by atoms with Crippen molar-refractivity contribution in [3.8, 4) is 0 Å². The maximum absolute atomic E-state index is 12.5. The van der Waals surface area contributed by atoms with Crippen molar-refractivity contribution in [1.82, 2.24) is 5.32 Å². The van der Waals surface area contributed by atoms with Gasteiger partial charge in [-0.2, -0.15) is 0 Å². The average Bonchev–Trinajstić information content (AvgIpc) is 3.32. The number of hydrogen-bond donors (Lipinski definition) is 3. The first-order valence-corrected chi connectivity index (χ1v) is 29.2. The fourth-order valence-electron chi connectivity index (χ4n) is 8.90. The van der Waals surface area contributed by atoms with E-state index in [1.807, 2.05) is 0 Å². The summed E-state index contributed by atoms with van der Waals surface area (Å²) in [4.78, 5) is 24.5. The lowest BCUT2D eigenvalue weighted by Crippen LogP contribution is -2.45. The lowest BCUT2D eigenvalue weighted by molar-refractivity contribution is -0.143. The largest absolute Gasteiger partial charge is 0.466 e. The first kappa shape index (κ1) is 64.1. The minimum absolute atomic E-state index is 0.00738. The van der Waals surface area contributed by atoms with Gasteiger partial charge in [-0.15, -0.1) is 0 Å². The molecule has 6 nitrogen and oxygen atoms in total. The minimum atomic E-state index is -0.669. The van der Waals surface area contributed by atoms with Crippen molar-refractivity contribution in [3.05, 3.63) is 36.5 Å². The van der Waals surface area contributed by atoms with Gasteiger partial charge >= 0.3 is 5.97 Å². The first-order valence-electron chi connectivity index (χ1n) is 29.2. The molecule has 0 aliphatic heterocycles. The summed E-state index contributed by atoms with van der Waals surface area (Å²) in [5, 5.41) is 23.2. The number of allylic oxidation sites excluding steroid dienone is 6. The van der Waals surface area contributed by atoms with Crippen LogP contribution in [0.1, 0.15) is 309 Å². The number of carbonyl (C=O) groups is 2. The van der Waals surface area contributed by atoms with Crippen LogP contribution >= 0.6 is 0 Å². The van der Waals surface area contributed by atoms with E-state index in [2.05, 4.69) is 55.6 Å². The second kappa shape index (κ2) is 55.7. The van der Waals surface area contributed by atoms with Crippen LogP contribution in [0, 0.1) is 0 Å². The van der Waals surface area contributed by atoms with E-state index >= 15 is 0 Å². The Morgan fingerprint density at radius 3 is 1.18 bits per heavy atom. The van der Waals surface area contributed by atoms with Crippen molar-refractivity contribution in [2.24, 2.45) is 0 Å². The van der Waals surface area contributed by atoms with Crippen molar-refractivity contribution in [2.45, 2.75) is 321 Å². The Hall–Kier alpha value is -1.92. The second-order valence-corrected chi connectivity index (χ2v) is 20.0. The Labute approximate surface area is 411 Å². The summed E-state index contributed by atoms with van der Waals surface area (Å²) >= 11 is 0. The highest BCUT2D eigenvalue weighted by atomic mass is 16.5. The molecule has 0 saturated carbocycles. The number of unbranched alkanes of at least 4 members (excludes halogenated alkanes) is 37. The van der Waals surface area contributed by atoms with Crippen molar-refractivity contribution in [3.63, 3.8) is 0 Å². The summed E-state index contributed by atoms with van der Waals surface area (Å²) in [5.74, 6) is -0.0513. The molecule has 388 valence electrons. The molecule has 0 aromatic carbocycles. The number of rotatable bonds is 54. The van der Waals surface area contributed by atoms with E-state index in [1.165, 1.54) is 225 Å². The molecule has 0 aliphatic carbocycles. The van der Waals surface area contributed by atoms with Gasteiger partial charge in [-0.1, -0.05) is 249 Å². The van der Waals surface area contributed by atoms with Crippen molar-refractivity contribution in [1.29, 1.82) is 0 Å². The van der Waals surface area contributed by atoms with Crippen LogP contribution in [0.5, 0.6) is 0 Å². The summed E-state index contributed by atoms with van der Waals surface area (Å²) in [6.07, 6.45) is 68.5. The van der Waals surface area contributed by atoms with Crippen LogP contribution in [-0.4, -0.2) is 47.4 Å². The number of amides is 1. The third kappa shape index (κ3) is 51.5. The van der Waals surface area contributed by atoms with Gasteiger partial charge in [0.05, 0.1) is 25.4 Å². The van der Waals surface area contributed by atoms with Crippen LogP contribution in [0.2, 0.25) is 0 Å². The molecule has 6 heteroatoms. The molecular weight excluding hydrogens is 815 g/mol. The lowest BCUT2D eigenvalue weighted by Gasteiger charge is -2.22. The number of nitrogens with one attached hydrogen (secondary N) is 1. The molecule has 1 amide bonds. The molecule has 0 aliphatic rings. The number of aliphatic hydroxyl groups excluding tert-OH is 2. The molecule has 2 unspecified atom stereocenters. The summed E-state index contributed by atoms with van der Waals surface area (Å²) in [7, 11) is 0. The Balaban J connectivity index is 3.43. The number of ether oxygens (including phenoxy) is 1. The number of esters is 1. The predicted molar refractivity (Wildman–Crippen MR) is 287 cm³/mol. The highest BCUT2D eigenvalue weighted by Gasteiger charge is 2.20. The zero-order chi connectivity index (χ0) is 47.9. The highest BCUT2D eigenvalue weighted by molar-refractivity contribution is 5.76. The van der Waals surface area contributed by atoms with Gasteiger partial charge in [0.15, 0.2) is 0 Å². The molecule has 0 aromatic rings. The Bertz CT molecular complexity index is 1070. The van der Waals surface area contributed by atoms with E-state index in [0.29, 0.717) is 25.9 Å². The zero-order valence-electron chi connectivity index (χ0n) is 44.2. The van der Waals surface area contributed by atoms with E-state index in [4.69, 9.17) is 4.74 Å². The van der Waals surface area contributed by atoms with Crippen LogP contribution in [0.15, 0.2) is 36.5 Å². The van der Waals surface area contributed by atoms with E-state index in [9.17, 15) is 19.8 Å². The molecule has 0 bridgehead atoms. The predicted octanol–water partition coefficient (Wildman–Crippen LogP) is 18.0. The molecule has 0 radical (unpaired) electrons. The maximum atomic E-state index is 12.5. The molecule has 0 aromatic heterocycles. The zero-order valence-corrected chi connectivity index (χ0v) is 44.2. The van der Waals surface area contributed by atoms with E-state index < -0.39 is 12.1 Å². The standard InChI is InChI=1S/C60H113NO5/c1-3-5-7-9-11-13-15-17-18-26-30-34-38-42-46-50-54-60(65)66-55-51-47-43-39-35-31-27-24-22-20-19-21-23-25-29-33-37-41-45-49-53-59(64)61-57(56-62)58(63)52-48-44-40-36-32-28-16-14-12-10-8-6-4-2/h13,15,18-19,21,26,57-58,62-63H,3-12,14,16-17,20,22-25,27-56H2,1-2H3,(H,61,64)/b15-13-,21-19-,26-18-. The van der Waals surface area contributed by atoms with Gasteiger partial charge in [0, 0.05) is 12.8 Å². The third-order valence-electron chi connectivity index (χ3n) is 13.4. The smallest absolute Gasteiger partial charge is 0.305 e. The van der Waals surface area contributed by atoms with E-state index in [0.717, 1.165) is 51.4 Å². The van der Waals surface area contributed by atoms with Crippen LogP contribution in [-0.2, 0) is 14.3 Å². The van der Waals surface area contributed by atoms with Crippen molar-refractivity contribution >= 4 is 11.9 Å². The number of aliphatic hydroxyl groups is 2. The van der Waals surface area contributed by atoms with Crippen molar-refractivity contribution in [2.75, 3.05) is 13.2 Å².